The highest BCUT2D eigenvalue weighted by atomic mass is 19.1. The zero-order valence-electron chi connectivity index (χ0n) is 13.0. The molecule has 2 aromatic heterocycles. The molecule has 1 fully saturated rings. The number of hydrogen-bond acceptors (Lipinski definition) is 4. The molecule has 3 heterocycles. The van der Waals surface area contributed by atoms with Gasteiger partial charge < -0.3 is 4.90 Å². The lowest BCUT2D eigenvalue weighted by Crippen LogP contribution is -2.51. The van der Waals surface area contributed by atoms with Gasteiger partial charge in [-0.3, -0.25) is 9.48 Å². The van der Waals surface area contributed by atoms with Crippen LogP contribution in [0.5, 0.6) is 0 Å². The molecule has 122 valence electrons. The van der Waals surface area contributed by atoms with Gasteiger partial charge in [0, 0.05) is 31.9 Å². The second-order valence-electron chi connectivity index (χ2n) is 5.79. The van der Waals surface area contributed by atoms with Crippen molar-refractivity contribution in [1.82, 2.24) is 29.7 Å². The Morgan fingerprint density at radius 2 is 2.00 bits per heavy atom. The summed E-state index contributed by atoms with van der Waals surface area (Å²) in [5.41, 5.74) is 1.93. The largest absolute Gasteiger partial charge is 0.333 e. The highest BCUT2D eigenvalue weighted by Crippen LogP contribution is 2.24. The minimum absolute atomic E-state index is 0.0743. The van der Waals surface area contributed by atoms with Crippen LogP contribution in [0.15, 0.2) is 42.7 Å². The Labute approximate surface area is 137 Å². The molecule has 1 aliphatic rings. The van der Waals surface area contributed by atoms with E-state index in [9.17, 15) is 9.18 Å². The van der Waals surface area contributed by atoms with E-state index in [-0.39, 0.29) is 17.8 Å². The molecule has 0 aliphatic carbocycles. The van der Waals surface area contributed by atoms with Crippen LogP contribution in [-0.4, -0.2) is 48.7 Å². The van der Waals surface area contributed by atoms with Gasteiger partial charge in [-0.1, -0.05) is 5.21 Å². The molecule has 0 N–H and O–H groups in total. The number of carbonyl (C=O) groups excluding carboxylic acids is 1. The molecule has 8 heteroatoms. The molecule has 1 amide bonds. The summed E-state index contributed by atoms with van der Waals surface area (Å²) in [6, 6.07) is 7.96. The molecule has 1 aromatic carbocycles. The summed E-state index contributed by atoms with van der Waals surface area (Å²) < 4.78 is 16.3. The molecular weight excluding hydrogens is 311 g/mol. The fourth-order valence-electron chi connectivity index (χ4n) is 2.79. The van der Waals surface area contributed by atoms with E-state index < -0.39 is 0 Å². The second kappa shape index (κ2) is 5.55. The van der Waals surface area contributed by atoms with Crippen LogP contribution in [0.2, 0.25) is 0 Å². The highest BCUT2D eigenvalue weighted by Gasteiger charge is 2.34. The fourth-order valence-corrected chi connectivity index (χ4v) is 2.79. The normalized spacial score (nSPS) is 14.7. The Morgan fingerprint density at radius 1 is 1.25 bits per heavy atom. The van der Waals surface area contributed by atoms with Gasteiger partial charge in [0.15, 0.2) is 0 Å². The number of hydrogen-bond donors (Lipinski definition) is 0. The van der Waals surface area contributed by atoms with Crippen LogP contribution in [-0.2, 0) is 7.05 Å². The smallest absolute Gasteiger partial charge is 0.272 e. The van der Waals surface area contributed by atoms with Crippen molar-refractivity contribution >= 4 is 5.91 Å². The zero-order chi connectivity index (χ0) is 16.7. The molecule has 3 aromatic rings. The molecule has 0 saturated carbocycles. The van der Waals surface area contributed by atoms with Crippen molar-refractivity contribution < 1.29 is 9.18 Å². The first-order chi connectivity index (χ1) is 11.6. The first kappa shape index (κ1) is 14.6. The van der Waals surface area contributed by atoms with Crippen LogP contribution in [0.4, 0.5) is 4.39 Å². The van der Waals surface area contributed by atoms with Gasteiger partial charge in [-0.15, -0.1) is 5.10 Å². The molecule has 0 bridgehead atoms. The third-order valence-corrected chi connectivity index (χ3v) is 4.20. The number of rotatable bonds is 3. The van der Waals surface area contributed by atoms with E-state index in [4.69, 9.17) is 0 Å². The van der Waals surface area contributed by atoms with Crippen LogP contribution in [0, 0.1) is 5.82 Å². The Hall–Kier alpha value is -3.03. The Balaban J connectivity index is 1.50. The lowest BCUT2D eigenvalue weighted by Gasteiger charge is -2.38. The number of carbonyl (C=O) groups is 1. The number of likely N-dealkylation sites (tertiary alicyclic amines) is 1. The van der Waals surface area contributed by atoms with Gasteiger partial charge in [-0.25, -0.2) is 9.07 Å². The van der Waals surface area contributed by atoms with E-state index in [0.717, 1.165) is 5.56 Å². The number of amides is 1. The number of nitrogens with zero attached hydrogens (tertiary/aromatic N) is 6. The van der Waals surface area contributed by atoms with E-state index in [0.29, 0.717) is 24.5 Å². The Bertz CT molecular complexity index is 865. The molecule has 7 nitrogen and oxygen atoms in total. The summed E-state index contributed by atoms with van der Waals surface area (Å²) in [5.74, 6) is -0.375. The molecule has 0 radical (unpaired) electrons. The maximum atomic E-state index is 13.0. The van der Waals surface area contributed by atoms with Gasteiger partial charge in [0.25, 0.3) is 5.91 Å². The van der Waals surface area contributed by atoms with E-state index in [2.05, 4.69) is 15.4 Å². The third-order valence-electron chi connectivity index (χ3n) is 4.20. The number of aryl methyl sites for hydroxylation is 1. The van der Waals surface area contributed by atoms with Crippen molar-refractivity contribution in [1.29, 1.82) is 0 Å². The lowest BCUT2D eigenvalue weighted by atomic mass is 10.1. The minimum Gasteiger partial charge on any atom is -0.333 e. The topological polar surface area (TPSA) is 68.8 Å². The maximum Gasteiger partial charge on any atom is 0.272 e. The summed E-state index contributed by atoms with van der Waals surface area (Å²) in [6.45, 7) is 1.19. The summed E-state index contributed by atoms with van der Waals surface area (Å²) in [4.78, 5) is 14.4. The summed E-state index contributed by atoms with van der Waals surface area (Å²) in [5, 5.41) is 12.1. The molecule has 0 unspecified atom stereocenters. The van der Waals surface area contributed by atoms with Gasteiger partial charge in [0.2, 0.25) is 0 Å². The van der Waals surface area contributed by atoms with Gasteiger partial charge in [0.1, 0.15) is 11.5 Å². The van der Waals surface area contributed by atoms with Crippen LogP contribution >= 0.6 is 0 Å². The maximum absolute atomic E-state index is 13.0. The predicted molar refractivity (Wildman–Crippen MR) is 83.6 cm³/mol. The fraction of sp³-hybridized carbons (Fsp3) is 0.250. The van der Waals surface area contributed by atoms with Crippen LogP contribution in [0.25, 0.3) is 11.3 Å². The zero-order valence-corrected chi connectivity index (χ0v) is 13.0. The average molecular weight is 326 g/mol. The molecule has 1 saturated heterocycles. The molecule has 24 heavy (non-hydrogen) atoms. The monoisotopic (exact) mass is 326 g/mol. The summed E-state index contributed by atoms with van der Waals surface area (Å²) in [6.07, 6.45) is 3.42. The van der Waals surface area contributed by atoms with Gasteiger partial charge in [-0.05, 0) is 30.3 Å². The van der Waals surface area contributed by atoms with Gasteiger partial charge in [0.05, 0.1) is 17.9 Å². The van der Waals surface area contributed by atoms with Crippen LogP contribution in [0.1, 0.15) is 16.5 Å². The first-order valence-electron chi connectivity index (χ1n) is 7.57. The third kappa shape index (κ3) is 2.45. The predicted octanol–water partition coefficient (Wildman–Crippen LogP) is 1.51. The van der Waals surface area contributed by atoms with E-state index in [1.807, 2.05) is 0 Å². The number of benzene rings is 1. The number of aromatic nitrogens is 5. The summed E-state index contributed by atoms with van der Waals surface area (Å²) in [7, 11) is 1.73. The summed E-state index contributed by atoms with van der Waals surface area (Å²) >= 11 is 0. The molecule has 4 rings (SSSR count). The number of halogens is 1. The Kier molecular flexibility index (Phi) is 3.37. The van der Waals surface area contributed by atoms with Crippen molar-refractivity contribution in [3.8, 4) is 11.3 Å². The highest BCUT2D eigenvalue weighted by molar-refractivity contribution is 5.94. The van der Waals surface area contributed by atoms with E-state index >= 15 is 0 Å². The van der Waals surface area contributed by atoms with Crippen LogP contribution in [0.3, 0.4) is 0 Å². The van der Waals surface area contributed by atoms with Crippen molar-refractivity contribution in [3.63, 3.8) is 0 Å². The molecule has 0 spiro atoms. The van der Waals surface area contributed by atoms with E-state index in [1.54, 1.807) is 51.9 Å². The standard InChI is InChI=1S/C16H15FN6O/c1-21-15(8-14(19-21)11-2-4-12(17)5-3-11)16(24)22-9-13(10-22)23-7-6-18-20-23/h2-8,13H,9-10H2,1H3. The molecule has 0 atom stereocenters. The van der Waals surface area contributed by atoms with Gasteiger partial charge in [-0.2, -0.15) is 5.10 Å². The van der Waals surface area contributed by atoms with Crippen molar-refractivity contribution in [3.05, 3.63) is 54.2 Å². The van der Waals surface area contributed by atoms with Gasteiger partial charge >= 0.3 is 0 Å². The Morgan fingerprint density at radius 3 is 2.67 bits per heavy atom. The quantitative estimate of drug-likeness (QED) is 0.732. The first-order valence-corrected chi connectivity index (χ1v) is 7.57. The minimum atomic E-state index is -0.300. The molecule has 1 aliphatic heterocycles. The SMILES string of the molecule is Cn1nc(-c2ccc(F)cc2)cc1C(=O)N1CC(n2ccnn2)C1. The molecular formula is C16H15FN6O. The average Bonchev–Trinajstić information content (AvgIpc) is 3.16. The van der Waals surface area contributed by atoms with Crippen molar-refractivity contribution in [2.45, 2.75) is 6.04 Å². The second-order valence-corrected chi connectivity index (χ2v) is 5.79. The van der Waals surface area contributed by atoms with Crippen molar-refractivity contribution in [2.75, 3.05) is 13.1 Å². The van der Waals surface area contributed by atoms with Crippen LogP contribution < -0.4 is 0 Å². The van der Waals surface area contributed by atoms with Crippen molar-refractivity contribution in [2.24, 2.45) is 7.05 Å². The van der Waals surface area contributed by atoms with E-state index in [1.165, 1.54) is 12.1 Å². The lowest BCUT2D eigenvalue weighted by molar-refractivity contribution is 0.0487.